The first-order valence-corrected chi connectivity index (χ1v) is 14.1. The van der Waals surface area contributed by atoms with E-state index < -0.39 is 21.7 Å². The standard InChI is InChI=1S/C26H24BrClFN3O4S/c1-31(19-8-6-18(29)7-9-19)37(35,36)20-10-11-23(28)21(16-20)26(34)32-14-12-17(13-15-32)25(33)30-24-5-3-2-4-22(24)27/h2-11,16-17H,12-15H2,1H3,(H,30,33). The van der Waals surface area contributed by atoms with Crippen molar-refractivity contribution >= 4 is 60.7 Å². The van der Waals surface area contributed by atoms with Gasteiger partial charge in [0.25, 0.3) is 15.9 Å². The molecule has 1 N–H and O–H groups in total. The second-order valence-corrected chi connectivity index (χ2v) is 11.9. The Balaban J connectivity index is 1.46. The SMILES string of the molecule is CN(c1ccc(F)cc1)S(=O)(=O)c1ccc(Cl)c(C(=O)N2CCC(C(=O)Nc3ccccc3Br)CC2)c1. The molecule has 1 aliphatic rings. The van der Waals surface area contributed by atoms with Crippen LogP contribution in [0.15, 0.2) is 76.1 Å². The van der Waals surface area contributed by atoms with Crippen LogP contribution in [0.3, 0.4) is 0 Å². The van der Waals surface area contributed by atoms with E-state index >= 15 is 0 Å². The Labute approximate surface area is 228 Å². The number of rotatable bonds is 6. The van der Waals surface area contributed by atoms with Crippen molar-refractivity contribution in [3.63, 3.8) is 0 Å². The van der Waals surface area contributed by atoms with Crippen molar-refractivity contribution in [3.05, 3.63) is 87.6 Å². The fraction of sp³-hybridized carbons (Fsp3) is 0.231. The fourth-order valence-electron chi connectivity index (χ4n) is 4.09. The number of nitrogens with one attached hydrogen (secondary N) is 1. The molecule has 11 heteroatoms. The molecule has 1 fully saturated rings. The van der Waals surface area contributed by atoms with E-state index in [2.05, 4.69) is 21.2 Å². The third kappa shape index (κ3) is 5.97. The minimum absolute atomic E-state index is 0.0614. The van der Waals surface area contributed by atoms with Crippen molar-refractivity contribution < 1.29 is 22.4 Å². The van der Waals surface area contributed by atoms with E-state index in [0.29, 0.717) is 31.6 Å². The van der Waals surface area contributed by atoms with Gasteiger partial charge in [-0.2, -0.15) is 0 Å². The molecule has 1 aliphatic heterocycles. The highest BCUT2D eigenvalue weighted by molar-refractivity contribution is 9.10. The van der Waals surface area contributed by atoms with Crippen LogP contribution in [0.1, 0.15) is 23.2 Å². The van der Waals surface area contributed by atoms with Crippen molar-refractivity contribution in [2.75, 3.05) is 29.8 Å². The van der Waals surface area contributed by atoms with E-state index in [4.69, 9.17) is 11.6 Å². The van der Waals surface area contributed by atoms with Gasteiger partial charge in [-0.25, -0.2) is 12.8 Å². The number of sulfonamides is 1. The van der Waals surface area contributed by atoms with E-state index in [9.17, 15) is 22.4 Å². The Hall–Kier alpha value is -2.95. The van der Waals surface area contributed by atoms with Gasteiger partial charge in [0.1, 0.15) is 5.82 Å². The number of para-hydroxylation sites is 1. The van der Waals surface area contributed by atoms with Gasteiger partial charge < -0.3 is 10.2 Å². The molecule has 0 radical (unpaired) electrons. The van der Waals surface area contributed by atoms with Crippen LogP contribution in [0, 0.1) is 11.7 Å². The van der Waals surface area contributed by atoms with E-state index in [1.54, 1.807) is 11.0 Å². The van der Waals surface area contributed by atoms with Crippen LogP contribution in [-0.4, -0.2) is 45.3 Å². The summed E-state index contributed by atoms with van der Waals surface area (Å²) in [6.45, 7) is 0.658. The van der Waals surface area contributed by atoms with Gasteiger partial charge in [-0.1, -0.05) is 23.7 Å². The highest BCUT2D eigenvalue weighted by Crippen LogP contribution is 2.29. The molecular weight excluding hydrogens is 585 g/mol. The van der Waals surface area contributed by atoms with Crippen LogP contribution in [0.25, 0.3) is 0 Å². The first kappa shape index (κ1) is 27.1. The topological polar surface area (TPSA) is 86.8 Å². The first-order valence-electron chi connectivity index (χ1n) is 11.5. The van der Waals surface area contributed by atoms with Crippen molar-refractivity contribution in [2.45, 2.75) is 17.7 Å². The molecule has 7 nitrogen and oxygen atoms in total. The summed E-state index contributed by atoms with van der Waals surface area (Å²) < 4.78 is 41.4. The molecule has 1 heterocycles. The quantitative estimate of drug-likeness (QED) is 0.397. The van der Waals surface area contributed by atoms with E-state index in [1.165, 1.54) is 49.5 Å². The van der Waals surface area contributed by atoms with Gasteiger partial charge in [-0.15, -0.1) is 0 Å². The van der Waals surface area contributed by atoms with E-state index in [0.717, 1.165) is 8.78 Å². The lowest BCUT2D eigenvalue weighted by Gasteiger charge is -2.31. The van der Waals surface area contributed by atoms with Gasteiger partial charge in [-0.05, 0) is 83.4 Å². The Morgan fingerprint density at radius 2 is 1.70 bits per heavy atom. The Bertz CT molecular complexity index is 1430. The first-order chi connectivity index (χ1) is 17.6. The number of halogens is 3. The number of hydrogen-bond donors (Lipinski definition) is 1. The van der Waals surface area contributed by atoms with Gasteiger partial charge in [0.2, 0.25) is 5.91 Å². The van der Waals surface area contributed by atoms with Crippen LogP contribution in [0.4, 0.5) is 15.8 Å². The fourth-order valence-corrected chi connectivity index (χ4v) is 5.89. The molecule has 2 amide bonds. The molecule has 4 rings (SSSR count). The second-order valence-electron chi connectivity index (χ2n) is 8.63. The normalized spacial score (nSPS) is 14.3. The summed E-state index contributed by atoms with van der Waals surface area (Å²) in [6.07, 6.45) is 0.926. The van der Waals surface area contributed by atoms with Gasteiger partial charge in [0.15, 0.2) is 0 Å². The zero-order chi connectivity index (χ0) is 26.7. The Morgan fingerprint density at radius 1 is 1.05 bits per heavy atom. The smallest absolute Gasteiger partial charge is 0.264 e. The summed E-state index contributed by atoms with van der Waals surface area (Å²) >= 11 is 9.71. The third-order valence-electron chi connectivity index (χ3n) is 6.30. The molecule has 0 unspecified atom stereocenters. The minimum atomic E-state index is -4.04. The molecule has 1 saturated heterocycles. The summed E-state index contributed by atoms with van der Waals surface area (Å²) in [7, 11) is -2.69. The lowest BCUT2D eigenvalue weighted by molar-refractivity contribution is -0.121. The highest BCUT2D eigenvalue weighted by atomic mass is 79.9. The Morgan fingerprint density at radius 3 is 2.35 bits per heavy atom. The molecule has 0 aromatic heterocycles. The number of anilines is 2. The minimum Gasteiger partial charge on any atom is -0.339 e. The van der Waals surface area contributed by atoms with Gasteiger partial charge in [0.05, 0.1) is 26.9 Å². The summed E-state index contributed by atoms with van der Waals surface area (Å²) in [5.41, 5.74) is 1.01. The van der Waals surface area contributed by atoms with E-state index in [-0.39, 0.29) is 33.0 Å². The summed E-state index contributed by atoms with van der Waals surface area (Å²) in [4.78, 5) is 27.5. The van der Waals surface area contributed by atoms with Crippen LogP contribution in [-0.2, 0) is 14.8 Å². The second kappa shape index (κ2) is 11.2. The molecule has 0 aliphatic carbocycles. The van der Waals surface area contributed by atoms with Gasteiger partial charge >= 0.3 is 0 Å². The number of benzene rings is 3. The predicted molar refractivity (Wildman–Crippen MR) is 145 cm³/mol. The molecule has 0 saturated carbocycles. The number of piperidine rings is 1. The summed E-state index contributed by atoms with van der Waals surface area (Å²) in [6, 6.07) is 16.3. The van der Waals surface area contributed by atoms with Crippen LogP contribution in [0.2, 0.25) is 5.02 Å². The van der Waals surface area contributed by atoms with Crippen molar-refractivity contribution in [1.29, 1.82) is 0 Å². The van der Waals surface area contributed by atoms with Crippen LogP contribution in [0.5, 0.6) is 0 Å². The monoisotopic (exact) mass is 607 g/mol. The van der Waals surface area contributed by atoms with Crippen LogP contribution >= 0.6 is 27.5 Å². The van der Waals surface area contributed by atoms with Gasteiger partial charge in [0, 0.05) is 30.5 Å². The number of carbonyl (C=O) groups is 2. The number of amides is 2. The number of hydrogen-bond acceptors (Lipinski definition) is 4. The van der Waals surface area contributed by atoms with E-state index in [1.807, 2.05) is 18.2 Å². The highest BCUT2D eigenvalue weighted by Gasteiger charge is 2.30. The molecule has 0 bridgehead atoms. The zero-order valence-corrected chi connectivity index (χ0v) is 23.0. The molecule has 37 heavy (non-hydrogen) atoms. The number of nitrogens with zero attached hydrogens (tertiary/aromatic N) is 2. The molecule has 194 valence electrons. The maximum atomic E-state index is 13.3. The molecule has 3 aromatic carbocycles. The average Bonchev–Trinajstić information content (AvgIpc) is 2.90. The van der Waals surface area contributed by atoms with Crippen molar-refractivity contribution in [3.8, 4) is 0 Å². The lowest BCUT2D eigenvalue weighted by atomic mass is 9.95. The largest absolute Gasteiger partial charge is 0.339 e. The van der Waals surface area contributed by atoms with Gasteiger partial charge in [-0.3, -0.25) is 13.9 Å². The molecule has 0 atom stereocenters. The molecule has 0 spiro atoms. The predicted octanol–water partition coefficient (Wildman–Crippen LogP) is 5.56. The third-order valence-corrected chi connectivity index (χ3v) is 9.10. The average molecular weight is 609 g/mol. The Kier molecular flexibility index (Phi) is 8.20. The van der Waals surface area contributed by atoms with Crippen molar-refractivity contribution in [2.24, 2.45) is 5.92 Å². The maximum Gasteiger partial charge on any atom is 0.264 e. The molecule has 3 aromatic rings. The van der Waals surface area contributed by atoms with Crippen molar-refractivity contribution in [1.82, 2.24) is 4.90 Å². The summed E-state index contributed by atoms with van der Waals surface area (Å²) in [5.74, 6) is -1.27. The van der Waals surface area contributed by atoms with Crippen LogP contribution < -0.4 is 9.62 Å². The zero-order valence-electron chi connectivity index (χ0n) is 19.8. The number of likely N-dealkylation sites (tertiary alicyclic amines) is 1. The summed E-state index contributed by atoms with van der Waals surface area (Å²) in [5, 5.41) is 3.04. The lowest BCUT2D eigenvalue weighted by Crippen LogP contribution is -2.41. The molecular formula is C26H24BrClFN3O4S. The maximum absolute atomic E-state index is 13.3. The number of carbonyl (C=O) groups excluding carboxylic acids is 2.